The number of rotatable bonds is 0. The van der Waals surface area contributed by atoms with Crippen LogP contribution < -0.4 is 0 Å². The molecular weight excluding hydrogens is 247 g/mol. The van der Waals surface area contributed by atoms with E-state index in [4.69, 9.17) is 0 Å². The Labute approximate surface area is 98.2 Å². The van der Waals surface area contributed by atoms with Gasteiger partial charge in [-0.2, -0.15) is 12.2 Å². The molecule has 0 aromatic heterocycles. The minimum absolute atomic E-state index is 0.270. The fourth-order valence-corrected chi connectivity index (χ4v) is 0.839. The van der Waals surface area contributed by atoms with Gasteiger partial charge in [0.25, 0.3) is 0 Å². The second-order valence-electron chi connectivity index (χ2n) is 2.75. The van der Waals surface area contributed by atoms with Gasteiger partial charge < -0.3 is 0 Å². The Morgan fingerprint density at radius 3 is 2.14 bits per heavy atom. The van der Waals surface area contributed by atoms with Crippen molar-refractivity contribution in [1.82, 2.24) is 0 Å². The van der Waals surface area contributed by atoms with Gasteiger partial charge in [-0.3, -0.25) is 12.2 Å². The molecule has 2 aliphatic carbocycles. The van der Waals surface area contributed by atoms with Gasteiger partial charge in [-0.05, 0) is 0 Å². The van der Waals surface area contributed by atoms with Crippen molar-refractivity contribution >= 4 is 8.42 Å². The summed E-state index contributed by atoms with van der Waals surface area (Å²) >= 11 is -0.270. The molecule has 0 heterocycles. The monoisotopic (exact) mass is 262 g/mol. The van der Waals surface area contributed by atoms with Crippen molar-refractivity contribution in [3.63, 3.8) is 0 Å². The van der Waals surface area contributed by atoms with Crippen LogP contribution in [-0.2, 0) is 22.3 Å². The van der Waals surface area contributed by atoms with Crippen LogP contribution in [-0.4, -0.2) is 8.42 Å². The first kappa shape index (κ1) is 13.6. The van der Waals surface area contributed by atoms with Gasteiger partial charge in [-0.25, -0.2) is 23.8 Å². The fourth-order valence-electron chi connectivity index (χ4n) is 0.839. The maximum atomic E-state index is 3.54. The third kappa shape index (κ3) is 9.67. The maximum absolute atomic E-state index is 3.54. The second kappa shape index (κ2) is 10.7. The zero-order valence-corrected chi connectivity index (χ0v) is 11.2. The van der Waals surface area contributed by atoms with Crippen LogP contribution >= 0.6 is 0 Å². The second-order valence-corrected chi connectivity index (χ2v) is 3.98. The summed E-state index contributed by atoms with van der Waals surface area (Å²) in [6.45, 7) is 2.08. The van der Waals surface area contributed by atoms with Crippen molar-refractivity contribution in [2.75, 3.05) is 0 Å². The van der Waals surface area contributed by atoms with E-state index in [2.05, 4.69) is 39.7 Å². The zero-order chi connectivity index (χ0) is 10.6. The van der Waals surface area contributed by atoms with Gasteiger partial charge in [-0.1, -0.05) is 0 Å². The molecular formula is C13H16Zr-2. The van der Waals surface area contributed by atoms with E-state index in [1.807, 2.05) is 18.2 Å². The average Bonchev–Trinajstić information content (AvgIpc) is 2.78. The summed E-state index contributed by atoms with van der Waals surface area (Å²) in [5.41, 5.74) is 1.34. The molecule has 0 N–H and O–H groups in total. The summed E-state index contributed by atoms with van der Waals surface area (Å²) in [5, 5.41) is 0. The summed E-state index contributed by atoms with van der Waals surface area (Å²) < 4.78 is 7.09. The molecule has 14 heavy (non-hydrogen) atoms. The van der Waals surface area contributed by atoms with Crippen LogP contribution in [0.1, 0.15) is 19.8 Å². The van der Waals surface area contributed by atoms with E-state index >= 15 is 0 Å². The number of allylic oxidation sites excluding steroid dienone is 8. The molecule has 0 radical (unpaired) electrons. The number of hydrogen-bond acceptors (Lipinski definition) is 0. The van der Waals surface area contributed by atoms with Crippen LogP contribution in [0.4, 0.5) is 0 Å². The molecule has 1 heteroatoms. The van der Waals surface area contributed by atoms with Gasteiger partial charge in [0.1, 0.15) is 0 Å². The molecule has 0 unspecified atom stereocenters. The SMILES string of the molecule is CC1=CC[C-]=C1.[C-]1=CC=CC1.[CH2]=[Zr]=[CH2]. The van der Waals surface area contributed by atoms with Crippen molar-refractivity contribution in [2.24, 2.45) is 0 Å². The van der Waals surface area contributed by atoms with Gasteiger partial charge in [0.05, 0.1) is 0 Å². The van der Waals surface area contributed by atoms with E-state index in [9.17, 15) is 0 Å². The molecule has 0 bridgehead atoms. The molecule has 0 saturated heterocycles. The van der Waals surface area contributed by atoms with Gasteiger partial charge in [0.2, 0.25) is 0 Å². The normalized spacial score (nSPS) is 14.8. The molecule has 74 valence electrons. The van der Waals surface area contributed by atoms with E-state index < -0.39 is 0 Å². The third-order valence-corrected chi connectivity index (χ3v) is 1.46. The topological polar surface area (TPSA) is 0 Å². The Morgan fingerprint density at radius 2 is 2.00 bits per heavy atom. The Balaban J connectivity index is 0.000000193. The van der Waals surface area contributed by atoms with Gasteiger partial charge >= 0.3 is 30.7 Å². The Hall–Kier alpha value is -0.417. The Kier molecular flexibility index (Phi) is 10.3. The van der Waals surface area contributed by atoms with E-state index in [1.165, 1.54) is 5.57 Å². The van der Waals surface area contributed by atoms with Crippen molar-refractivity contribution in [1.29, 1.82) is 0 Å². The summed E-state index contributed by atoms with van der Waals surface area (Å²) in [7, 11) is 0. The van der Waals surface area contributed by atoms with Crippen LogP contribution in [0, 0.1) is 12.2 Å². The first-order valence-electron chi connectivity index (χ1n) is 4.55. The van der Waals surface area contributed by atoms with Crippen LogP contribution in [0.15, 0.2) is 36.0 Å². The molecule has 0 nitrogen and oxygen atoms in total. The Morgan fingerprint density at radius 1 is 1.29 bits per heavy atom. The summed E-state index contributed by atoms with van der Waals surface area (Å²) in [6.07, 6.45) is 18.2. The molecule has 0 aromatic carbocycles. The first-order valence-corrected chi connectivity index (χ1v) is 8.03. The third-order valence-electron chi connectivity index (χ3n) is 1.46. The summed E-state index contributed by atoms with van der Waals surface area (Å²) in [5.74, 6) is 0. The van der Waals surface area contributed by atoms with Crippen LogP contribution in [0.25, 0.3) is 0 Å². The summed E-state index contributed by atoms with van der Waals surface area (Å²) in [6, 6.07) is 0. The van der Waals surface area contributed by atoms with E-state index in [-0.39, 0.29) is 22.3 Å². The molecule has 0 atom stereocenters. The zero-order valence-electron chi connectivity index (χ0n) is 8.72. The Bertz CT molecular complexity index is 272. The van der Waals surface area contributed by atoms with Crippen molar-refractivity contribution in [2.45, 2.75) is 19.8 Å². The molecule has 0 saturated carbocycles. The average molecular weight is 263 g/mol. The minimum atomic E-state index is -0.270. The van der Waals surface area contributed by atoms with Crippen molar-refractivity contribution < 1.29 is 22.3 Å². The molecule has 2 aliphatic rings. The van der Waals surface area contributed by atoms with E-state index in [0.717, 1.165) is 12.8 Å². The van der Waals surface area contributed by atoms with E-state index in [0.29, 0.717) is 0 Å². The molecule has 2 rings (SSSR count). The molecule has 0 fully saturated rings. The first-order chi connectivity index (χ1) is 6.81. The van der Waals surface area contributed by atoms with Gasteiger partial charge in [0, 0.05) is 0 Å². The number of hydrogen-bond donors (Lipinski definition) is 0. The van der Waals surface area contributed by atoms with Crippen LogP contribution in [0.3, 0.4) is 0 Å². The predicted octanol–water partition coefficient (Wildman–Crippen LogP) is 2.93. The van der Waals surface area contributed by atoms with Crippen molar-refractivity contribution in [3.05, 3.63) is 48.1 Å². The van der Waals surface area contributed by atoms with E-state index in [1.54, 1.807) is 0 Å². The van der Waals surface area contributed by atoms with Crippen molar-refractivity contribution in [3.8, 4) is 0 Å². The quantitative estimate of drug-likeness (QED) is 0.590. The van der Waals surface area contributed by atoms with Crippen LogP contribution in [0.5, 0.6) is 0 Å². The van der Waals surface area contributed by atoms with Gasteiger partial charge in [0.15, 0.2) is 0 Å². The molecule has 0 aromatic rings. The predicted molar refractivity (Wildman–Crippen MR) is 62.0 cm³/mol. The van der Waals surface area contributed by atoms with Crippen LogP contribution in [0.2, 0.25) is 0 Å². The summed E-state index contributed by atoms with van der Waals surface area (Å²) in [4.78, 5) is 0. The van der Waals surface area contributed by atoms with Gasteiger partial charge in [-0.15, -0.1) is 19.8 Å². The fraction of sp³-hybridized carbons (Fsp3) is 0.231. The molecule has 0 spiro atoms. The molecule has 0 amide bonds. The standard InChI is InChI=1S/C6H7.C5H5.2CH2.Zr/c1-6-4-2-3-5-6;1-2-4-5-3-1;;;/h4-5H,2H2,1H3;1-3H,4H2;2*1H2;/q2*-1;;;. The molecule has 0 aliphatic heterocycles.